The fourth-order valence-electron chi connectivity index (χ4n) is 2.67. The van der Waals surface area contributed by atoms with Crippen LogP contribution in [0.5, 0.6) is 0 Å². The lowest BCUT2D eigenvalue weighted by Gasteiger charge is -2.14. The van der Waals surface area contributed by atoms with Gasteiger partial charge >= 0.3 is 0 Å². The van der Waals surface area contributed by atoms with Crippen molar-refractivity contribution >= 4 is 31.9 Å². The van der Waals surface area contributed by atoms with E-state index in [-0.39, 0.29) is 0 Å². The maximum Gasteiger partial charge on any atom is 0.0702 e. The molecule has 1 fully saturated rings. The second-order valence-electron chi connectivity index (χ2n) is 3.97. The van der Waals surface area contributed by atoms with Gasteiger partial charge in [-0.15, -0.1) is 0 Å². The number of fused-ring (bicyclic) bond motifs is 5. The predicted octanol–water partition coefficient (Wildman–Crippen LogP) is 2.53. The third-order valence-electron chi connectivity index (χ3n) is 3.19. The fourth-order valence-corrected chi connectivity index (χ4v) is 5.21. The van der Waals surface area contributed by atoms with Gasteiger partial charge in [0.05, 0.1) is 5.69 Å². The van der Waals surface area contributed by atoms with Crippen molar-refractivity contribution in [3.05, 3.63) is 17.5 Å². The first-order chi connectivity index (χ1) is 6.18. The van der Waals surface area contributed by atoms with Gasteiger partial charge in [-0.1, -0.05) is 31.9 Å². The Morgan fingerprint density at radius 3 is 3.08 bits per heavy atom. The van der Waals surface area contributed by atoms with Gasteiger partial charge in [-0.05, 0) is 12.0 Å². The van der Waals surface area contributed by atoms with E-state index in [0.717, 1.165) is 0 Å². The molecule has 0 aromatic carbocycles. The van der Waals surface area contributed by atoms with Crippen LogP contribution in [-0.4, -0.2) is 19.4 Å². The number of rotatable bonds is 0. The largest absolute Gasteiger partial charge is 0.275 e. The van der Waals surface area contributed by atoms with Crippen molar-refractivity contribution in [2.24, 2.45) is 7.05 Å². The van der Waals surface area contributed by atoms with Crippen molar-refractivity contribution in [1.82, 2.24) is 9.78 Å². The topological polar surface area (TPSA) is 17.8 Å². The van der Waals surface area contributed by atoms with Crippen molar-refractivity contribution in [3.8, 4) is 0 Å². The molecule has 1 aromatic rings. The molecule has 0 spiro atoms. The van der Waals surface area contributed by atoms with E-state index >= 15 is 0 Å². The summed E-state index contributed by atoms with van der Waals surface area (Å²) in [5, 5.41) is 4.52. The van der Waals surface area contributed by atoms with Gasteiger partial charge in [0.2, 0.25) is 0 Å². The number of aryl methyl sites for hydroxylation is 1. The van der Waals surface area contributed by atoms with Crippen LogP contribution >= 0.6 is 31.9 Å². The van der Waals surface area contributed by atoms with Crippen molar-refractivity contribution in [2.75, 3.05) is 0 Å². The van der Waals surface area contributed by atoms with Crippen LogP contribution in [0.15, 0.2) is 6.20 Å². The molecule has 70 valence electrons. The molecule has 0 saturated heterocycles. The molecule has 4 heteroatoms. The molecule has 2 aliphatic carbocycles. The van der Waals surface area contributed by atoms with Crippen LogP contribution in [0.2, 0.25) is 0 Å². The lowest BCUT2D eigenvalue weighted by molar-refractivity contribution is 0.677. The second kappa shape index (κ2) is 2.60. The highest BCUT2D eigenvalue weighted by atomic mass is 79.9. The van der Waals surface area contributed by atoms with Crippen molar-refractivity contribution in [1.29, 1.82) is 0 Å². The summed E-state index contributed by atoms with van der Waals surface area (Å²) in [6, 6.07) is 0. The van der Waals surface area contributed by atoms with E-state index in [9.17, 15) is 0 Å². The van der Waals surface area contributed by atoms with E-state index in [4.69, 9.17) is 0 Å². The van der Waals surface area contributed by atoms with E-state index in [0.29, 0.717) is 21.5 Å². The van der Waals surface area contributed by atoms with Crippen LogP contribution in [0, 0.1) is 0 Å². The van der Waals surface area contributed by atoms with Crippen LogP contribution < -0.4 is 0 Å². The van der Waals surface area contributed by atoms with Gasteiger partial charge in [0.15, 0.2) is 0 Å². The molecule has 0 aliphatic heterocycles. The average Bonchev–Trinajstić information content (AvgIpc) is 2.60. The molecular formula is C9H10Br2N2. The summed E-state index contributed by atoms with van der Waals surface area (Å²) in [7, 11) is 2.00. The molecule has 2 bridgehead atoms. The lowest BCUT2D eigenvalue weighted by Crippen LogP contribution is -2.09. The van der Waals surface area contributed by atoms with Crippen LogP contribution in [0.4, 0.5) is 0 Å². The molecule has 0 amide bonds. The maximum atomic E-state index is 4.52. The van der Waals surface area contributed by atoms with Crippen LogP contribution in [0.25, 0.3) is 0 Å². The quantitative estimate of drug-likeness (QED) is 0.674. The molecule has 1 heterocycles. The summed E-state index contributed by atoms with van der Waals surface area (Å²) in [6.45, 7) is 0. The number of nitrogens with zero attached hydrogens (tertiary/aromatic N) is 2. The number of alkyl halides is 2. The molecule has 1 unspecified atom stereocenters. The number of halogens is 2. The van der Waals surface area contributed by atoms with E-state index in [1.54, 1.807) is 0 Å². The Kier molecular flexibility index (Phi) is 1.69. The third kappa shape index (κ3) is 0.962. The fraction of sp³-hybridized carbons (Fsp3) is 0.667. The maximum absolute atomic E-state index is 4.52. The number of aromatic nitrogens is 2. The van der Waals surface area contributed by atoms with E-state index in [1.165, 1.54) is 17.7 Å². The number of hydrogen-bond acceptors (Lipinski definition) is 1. The highest BCUT2D eigenvalue weighted by molar-refractivity contribution is 9.10. The highest BCUT2D eigenvalue weighted by Crippen LogP contribution is 2.58. The van der Waals surface area contributed by atoms with Gasteiger partial charge in [0.1, 0.15) is 0 Å². The Hall–Kier alpha value is 0.170. The standard InChI is InChI=1S/C9H10Br2N2/c1-13-3-5-7-6(10)2-4(8(7)11)9(5)12-13/h3-4,6-8H,2H2,1H3/t4-,6-,7+,8?/m1/s1. The zero-order chi connectivity index (χ0) is 9.16. The Morgan fingerprint density at radius 1 is 1.54 bits per heavy atom. The summed E-state index contributed by atoms with van der Waals surface area (Å²) in [4.78, 5) is 1.24. The molecule has 2 nitrogen and oxygen atoms in total. The van der Waals surface area contributed by atoms with Crippen LogP contribution in [0.1, 0.15) is 29.5 Å². The van der Waals surface area contributed by atoms with Crippen molar-refractivity contribution in [2.45, 2.75) is 27.9 Å². The predicted molar refractivity (Wildman–Crippen MR) is 58.7 cm³/mol. The summed E-state index contributed by atoms with van der Waals surface area (Å²) in [5.74, 6) is 1.26. The molecular weight excluding hydrogens is 296 g/mol. The van der Waals surface area contributed by atoms with Gasteiger partial charge in [0.25, 0.3) is 0 Å². The summed E-state index contributed by atoms with van der Waals surface area (Å²) in [6.07, 6.45) is 3.40. The summed E-state index contributed by atoms with van der Waals surface area (Å²) in [5.41, 5.74) is 2.77. The minimum absolute atomic E-state index is 0.607. The zero-order valence-electron chi connectivity index (χ0n) is 7.24. The molecule has 3 rings (SSSR count). The van der Waals surface area contributed by atoms with Gasteiger partial charge in [0, 0.05) is 34.7 Å². The second-order valence-corrected chi connectivity index (χ2v) is 6.21. The average molecular weight is 306 g/mol. The monoisotopic (exact) mass is 304 g/mol. The van der Waals surface area contributed by atoms with E-state index < -0.39 is 0 Å². The van der Waals surface area contributed by atoms with Gasteiger partial charge in [-0.25, -0.2) is 0 Å². The SMILES string of the molecule is Cn1cc2c(n1)[C@@H]1C[C@@H](Br)[C@H]2C1Br. The van der Waals surface area contributed by atoms with Gasteiger partial charge in [-0.2, -0.15) is 5.10 Å². The molecule has 1 aromatic heterocycles. The van der Waals surface area contributed by atoms with E-state index in [1.807, 2.05) is 11.7 Å². The summed E-state index contributed by atoms with van der Waals surface area (Å²) < 4.78 is 1.94. The molecule has 0 radical (unpaired) electrons. The molecule has 4 atom stereocenters. The van der Waals surface area contributed by atoms with Gasteiger partial charge < -0.3 is 0 Å². The van der Waals surface area contributed by atoms with Crippen molar-refractivity contribution in [3.63, 3.8) is 0 Å². The molecule has 0 N–H and O–H groups in total. The molecule has 1 saturated carbocycles. The Balaban J connectivity index is 2.16. The van der Waals surface area contributed by atoms with E-state index in [2.05, 4.69) is 43.2 Å². The first-order valence-corrected chi connectivity index (χ1v) is 6.33. The summed E-state index contributed by atoms with van der Waals surface area (Å²) >= 11 is 7.52. The third-order valence-corrected chi connectivity index (χ3v) is 5.34. The minimum Gasteiger partial charge on any atom is -0.275 e. The Bertz CT molecular complexity index is 360. The number of hydrogen-bond donors (Lipinski definition) is 0. The lowest BCUT2D eigenvalue weighted by atomic mass is 9.98. The Labute approximate surface area is 94.0 Å². The van der Waals surface area contributed by atoms with Crippen molar-refractivity contribution < 1.29 is 0 Å². The first-order valence-electron chi connectivity index (χ1n) is 4.50. The Morgan fingerprint density at radius 2 is 2.31 bits per heavy atom. The van der Waals surface area contributed by atoms with Gasteiger partial charge in [-0.3, -0.25) is 4.68 Å². The molecule has 13 heavy (non-hydrogen) atoms. The smallest absolute Gasteiger partial charge is 0.0702 e. The minimum atomic E-state index is 0.607. The first kappa shape index (κ1) is 8.48. The zero-order valence-corrected chi connectivity index (χ0v) is 10.4. The van der Waals surface area contributed by atoms with Crippen LogP contribution in [-0.2, 0) is 7.05 Å². The molecule has 2 aliphatic rings. The van der Waals surface area contributed by atoms with Crippen LogP contribution in [0.3, 0.4) is 0 Å². The normalized spacial score (nSPS) is 41.2. The highest BCUT2D eigenvalue weighted by Gasteiger charge is 2.51.